The number of carbonyl (C=O) groups is 1. The van der Waals surface area contributed by atoms with Crippen LogP contribution in [0.4, 0.5) is 0 Å². The third-order valence-electron chi connectivity index (χ3n) is 5.93. The van der Waals surface area contributed by atoms with Crippen molar-refractivity contribution < 1.29 is 9.32 Å². The maximum absolute atomic E-state index is 13.0. The van der Waals surface area contributed by atoms with Crippen LogP contribution in [0.2, 0.25) is 0 Å². The molecule has 0 saturated heterocycles. The molecule has 33 heavy (non-hydrogen) atoms. The molecular formula is C25H25N5O3. The van der Waals surface area contributed by atoms with E-state index >= 15 is 0 Å². The van der Waals surface area contributed by atoms with E-state index in [1.807, 2.05) is 41.0 Å². The lowest BCUT2D eigenvalue weighted by Gasteiger charge is -2.16. The third-order valence-corrected chi connectivity index (χ3v) is 5.93. The van der Waals surface area contributed by atoms with Crippen LogP contribution in [0.25, 0.3) is 22.4 Å². The Hall–Kier alpha value is -3.81. The molecule has 1 aliphatic heterocycles. The van der Waals surface area contributed by atoms with E-state index in [9.17, 15) is 9.59 Å². The molecule has 5 rings (SSSR count). The summed E-state index contributed by atoms with van der Waals surface area (Å²) in [6.07, 6.45) is 5.18. The normalized spacial score (nSPS) is 13.8. The average molecular weight is 444 g/mol. The summed E-state index contributed by atoms with van der Waals surface area (Å²) in [5.74, 6) is 1.27. The second-order valence-corrected chi connectivity index (χ2v) is 8.34. The van der Waals surface area contributed by atoms with Crippen LogP contribution in [0, 0.1) is 0 Å². The number of amides is 1. The van der Waals surface area contributed by atoms with Crippen molar-refractivity contribution in [2.75, 3.05) is 0 Å². The summed E-state index contributed by atoms with van der Waals surface area (Å²) in [5.41, 5.74) is 2.33. The van der Waals surface area contributed by atoms with Gasteiger partial charge in [-0.25, -0.2) is 4.98 Å². The lowest BCUT2D eigenvalue weighted by Crippen LogP contribution is -2.26. The molecule has 2 aromatic heterocycles. The fourth-order valence-electron chi connectivity index (χ4n) is 4.17. The minimum atomic E-state index is -0.182. The number of aromatic nitrogens is 4. The van der Waals surface area contributed by atoms with E-state index < -0.39 is 0 Å². The number of carbonyl (C=O) groups excluding carboxylic acids is 1. The summed E-state index contributed by atoms with van der Waals surface area (Å²) in [6.45, 7) is 1.17. The van der Waals surface area contributed by atoms with Crippen LogP contribution in [0.15, 0.2) is 57.8 Å². The zero-order valence-electron chi connectivity index (χ0n) is 18.3. The van der Waals surface area contributed by atoms with Gasteiger partial charge in [0.1, 0.15) is 5.82 Å². The van der Waals surface area contributed by atoms with Gasteiger partial charge in [-0.1, -0.05) is 48.3 Å². The van der Waals surface area contributed by atoms with Crippen molar-refractivity contribution in [3.8, 4) is 11.5 Å². The molecule has 8 heteroatoms. The van der Waals surface area contributed by atoms with Gasteiger partial charge in [-0.2, -0.15) is 4.98 Å². The molecule has 0 unspecified atom stereocenters. The number of hydrogen-bond acceptors (Lipinski definition) is 6. The van der Waals surface area contributed by atoms with Crippen molar-refractivity contribution in [1.82, 2.24) is 25.0 Å². The van der Waals surface area contributed by atoms with Crippen molar-refractivity contribution in [2.24, 2.45) is 0 Å². The molecule has 168 valence electrons. The topological polar surface area (TPSA) is 103 Å². The molecule has 0 bridgehead atoms. The minimum Gasteiger partial charge on any atom is -0.352 e. The highest BCUT2D eigenvalue weighted by Gasteiger charge is 2.16. The van der Waals surface area contributed by atoms with E-state index in [2.05, 4.69) is 15.5 Å². The van der Waals surface area contributed by atoms with E-state index in [0.717, 1.165) is 50.0 Å². The number of benzene rings is 2. The Morgan fingerprint density at radius 3 is 2.76 bits per heavy atom. The molecule has 0 spiro atoms. The predicted octanol–water partition coefficient (Wildman–Crippen LogP) is 3.42. The van der Waals surface area contributed by atoms with Crippen molar-refractivity contribution in [3.05, 3.63) is 76.1 Å². The Balaban J connectivity index is 1.33. The number of rotatable bonds is 5. The first kappa shape index (κ1) is 21.1. The van der Waals surface area contributed by atoms with Gasteiger partial charge in [0.25, 0.3) is 11.4 Å². The number of nitrogens with zero attached hydrogens (tertiary/aromatic N) is 4. The van der Waals surface area contributed by atoms with Crippen LogP contribution in [0.3, 0.4) is 0 Å². The quantitative estimate of drug-likeness (QED) is 0.507. The van der Waals surface area contributed by atoms with E-state index in [1.165, 1.54) is 0 Å². The lowest BCUT2D eigenvalue weighted by atomic mass is 10.1. The van der Waals surface area contributed by atoms with Gasteiger partial charge >= 0.3 is 0 Å². The molecule has 1 N–H and O–H groups in total. The zero-order valence-corrected chi connectivity index (χ0v) is 18.3. The molecule has 0 aliphatic carbocycles. The summed E-state index contributed by atoms with van der Waals surface area (Å²) in [6, 6.07) is 15.1. The first-order chi connectivity index (χ1) is 16.2. The SMILES string of the molecule is O=C(Cc1noc(-c2ccc3c(=O)n4c(nc3c2)CCCCCC4)n1)NCc1ccccc1. The summed E-state index contributed by atoms with van der Waals surface area (Å²) < 4.78 is 7.21. The fraction of sp³-hybridized carbons (Fsp3) is 0.320. The molecule has 1 aliphatic rings. The Morgan fingerprint density at radius 2 is 1.88 bits per heavy atom. The van der Waals surface area contributed by atoms with E-state index in [0.29, 0.717) is 34.7 Å². The highest BCUT2D eigenvalue weighted by molar-refractivity contribution is 5.82. The van der Waals surface area contributed by atoms with Gasteiger partial charge in [0.2, 0.25) is 5.91 Å². The highest BCUT2D eigenvalue weighted by Crippen LogP contribution is 2.22. The fourth-order valence-corrected chi connectivity index (χ4v) is 4.17. The summed E-state index contributed by atoms with van der Waals surface area (Å²) in [7, 11) is 0. The first-order valence-electron chi connectivity index (χ1n) is 11.3. The molecule has 0 radical (unpaired) electrons. The van der Waals surface area contributed by atoms with Gasteiger partial charge in [-0.3, -0.25) is 14.2 Å². The molecule has 8 nitrogen and oxygen atoms in total. The molecule has 3 heterocycles. The predicted molar refractivity (Wildman–Crippen MR) is 123 cm³/mol. The molecule has 0 fully saturated rings. The Labute approximate surface area is 190 Å². The van der Waals surface area contributed by atoms with E-state index in [-0.39, 0.29) is 17.9 Å². The summed E-state index contributed by atoms with van der Waals surface area (Å²) >= 11 is 0. The van der Waals surface area contributed by atoms with Gasteiger partial charge < -0.3 is 9.84 Å². The second-order valence-electron chi connectivity index (χ2n) is 8.34. The monoisotopic (exact) mass is 443 g/mol. The van der Waals surface area contributed by atoms with Crippen molar-refractivity contribution in [1.29, 1.82) is 0 Å². The smallest absolute Gasteiger partial charge is 0.261 e. The average Bonchev–Trinajstić information content (AvgIpc) is 3.28. The molecule has 4 aromatic rings. The molecule has 1 amide bonds. The molecule has 0 saturated carbocycles. The third kappa shape index (κ3) is 4.69. The zero-order chi connectivity index (χ0) is 22.6. The van der Waals surface area contributed by atoms with Gasteiger partial charge in [-0.05, 0) is 36.6 Å². The van der Waals surface area contributed by atoms with Gasteiger partial charge in [0.05, 0.1) is 17.3 Å². The van der Waals surface area contributed by atoms with Crippen molar-refractivity contribution in [2.45, 2.75) is 51.6 Å². The Bertz CT molecular complexity index is 1340. The Kier molecular flexibility index (Phi) is 5.97. The first-order valence-corrected chi connectivity index (χ1v) is 11.3. The highest BCUT2D eigenvalue weighted by atomic mass is 16.5. The number of hydrogen-bond donors (Lipinski definition) is 1. The standard InChI is InChI=1S/C25H25N5O3/c31-23(26-16-17-8-4-3-5-9-17)15-21-28-24(33-29-21)18-11-12-19-20(14-18)27-22-10-6-1-2-7-13-30(22)25(19)32/h3-5,8-9,11-12,14H,1-2,6-7,10,13,15-16H2,(H,26,31). The molecule has 0 atom stereocenters. The van der Waals surface area contributed by atoms with Gasteiger partial charge in [-0.15, -0.1) is 0 Å². The largest absolute Gasteiger partial charge is 0.352 e. The van der Waals surface area contributed by atoms with E-state index in [4.69, 9.17) is 9.51 Å². The second kappa shape index (κ2) is 9.36. The summed E-state index contributed by atoms with van der Waals surface area (Å²) in [4.78, 5) is 34.4. The van der Waals surface area contributed by atoms with Crippen LogP contribution in [0.1, 0.15) is 42.9 Å². The number of fused-ring (bicyclic) bond motifs is 2. The van der Waals surface area contributed by atoms with Crippen molar-refractivity contribution >= 4 is 16.8 Å². The molecule has 2 aromatic carbocycles. The van der Waals surface area contributed by atoms with Crippen LogP contribution in [-0.4, -0.2) is 25.6 Å². The van der Waals surface area contributed by atoms with Crippen LogP contribution in [0.5, 0.6) is 0 Å². The van der Waals surface area contributed by atoms with Gasteiger partial charge in [0, 0.05) is 25.1 Å². The van der Waals surface area contributed by atoms with Crippen LogP contribution < -0.4 is 10.9 Å². The number of aryl methyl sites for hydroxylation is 1. The maximum atomic E-state index is 13.0. The summed E-state index contributed by atoms with van der Waals surface area (Å²) in [5, 5.41) is 7.39. The maximum Gasteiger partial charge on any atom is 0.261 e. The Morgan fingerprint density at radius 1 is 1.03 bits per heavy atom. The van der Waals surface area contributed by atoms with Gasteiger partial charge in [0.15, 0.2) is 5.82 Å². The number of nitrogens with one attached hydrogen (secondary N) is 1. The molecular weight excluding hydrogens is 418 g/mol. The van der Waals surface area contributed by atoms with Crippen LogP contribution >= 0.6 is 0 Å². The van der Waals surface area contributed by atoms with Crippen LogP contribution in [-0.2, 0) is 30.7 Å². The minimum absolute atomic E-state index is 0.00440. The van der Waals surface area contributed by atoms with Crippen molar-refractivity contribution in [3.63, 3.8) is 0 Å². The van der Waals surface area contributed by atoms with E-state index in [1.54, 1.807) is 12.1 Å². The lowest BCUT2D eigenvalue weighted by molar-refractivity contribution is -0.120.